The second-order valence-electron chi connectivity index (χ2n) is 3.00. The van der Waals surface area contributed by atoms with Crippen LogP contribution in [0.25, 0.3) is 0 Å². The molecule has 1 rings (SSSR count). The number of carbonyl (C=O) groups excluding carboxylic acids is 1. The lowest BCUT2D eigenvalue weighted by molar-refractivity contribution is -0.142. The quantitative estimate of drug-likeness (QED) is 0.792. The van der Waals surface area contributed by atoms with Gasteiger partial charge in [-0.2, -0.15) is 0 Å². The number of hydrogen-bond acceptors (Lipinski definition) is 3. The van der Waals surface area contributed by atoms with Gasteiger partial charge in [0, 0.05) is 0 Å². The number of methoxy groups -OCH3 is 1. The molecule has 1 unspecified atom stereocenters. The lowest BCUT2D eigenvalue weighted by Gasteiger charge is -2.12. The largest absolute Gasteiger partial charge is 0.468 e. The fourth-order valence-electron chi connectivity index (χ4n) is 1.24. The lowest BCUT2D eigenvalue weighted by Crippen LogP contribution is -2.23. The van der Waals surface area contributed by atoms with E-state index in [1.54, 1.807) is 6.92 Å². The minimum atomic E-state index is -0.847. The van der Waals surface area contributed by atoms with E-state index < -0.39 is 12.0 Å². The smallest absolute Gasteiger partial charge is 0.327 e. The minimum Gasteiger partial charge on any atom is -0.468 e. The maximum atomic E-state index is 12.7. The van der Waals surface area contributed by atoms with Crippen LogP contribution in [-0.2, 0) is 9.53 Å². The number of aryl methyl sites for hydroxylation is 1. The standard InChI is InChI=1S/C10H12FNO2.ClH/c1-6-5-7(11)3-4-8(6)9(12)10(13)14-2;/h3-5,9H,12H2,1-2H3;1H. The molecule has 1 aromatic rings. The Balaban J connectivity index is 0.00000196. The Hall–Kier alpha value is -1.13. The van der Waals surface area contributed by atoms with Crippen LogP contribution < -0.4 is 5.73 Å². The molecule has 0 aliphatic carbocycles. The average molecular weight is 234 g/mol. The monoisotopic (exact) mass is 233 g/mol. The molecule has 15 heavy (non-hydrogen) atoms. The predicted molar refractivity (Wildman–Crippen MR) is 57.3 cm³/mol. The van der Waals surface area contributed by atoms with Crippen LogP contribution >= 0.6 is 12.4 Å². The zero-order chi connectivity index (χ0) is 10.7. The molecule has 1 atom stereocenters. The maximum absolute atomic E-state index is 12.7. The third kappa shape index (κ3) is 3.18. The van der Waals surface area contributed by atoms with Crippen molar-refractivity contribution in [1.29, 1.82) is 0 Å². The first kappa shape index (κ1) is 13.9. The van der Waals surface area contributed by atoms with E-state index in [1.165, 1.54) is 25.3 Å². The zero-order valence-electron chi connectivity index (χ0n) is 8.49. The van der Waals surface area contributed by atoms with Gasteiger partial charge in [0.25, 0.3) is 0 Å². The Morgan fingerprint density at radius 1 is 1.53 bits per heavy atom. The lowest BCUT2D eigenvalue weighted by atomic mass is 10.0. The summed E-state index contributed by atoms with van der Waals surface area (Å²) in [6, 6.07) is 3.25. The highest BCUT2D eigenvalue weighted by molar-refractivity contribution is 5.85. The molecular weight excluding hydrogens is 221 g/mol. The molecular formula is C10H13ClFNO2. The molecule has 0 spiro atoms. The van der Waals surface area contributed by atoms with Gasteiger partial charge in [-0.3, -0.25) is 4.79 Å². The third-order valence-electron chi connectivity index (χ3n) is 2.02. The molecule has 1 aromatic carbocycles. The summed E-state index contributed by atoms with van der Waals surface area (Å²) in [6.45, 7) is 1.70. The number of esters is 1. The van der Waals surface area contributed by atoms with Gasteiger partial charge in [0.15, 0.2) is 0 Å². The van der Waals surface area contributed by atoms with E-state index in [9.17, 15) is 9.18 Å². The van der Waals surface area contributed by atoms with Gasteiger partial charge in [0.1, 0.15) is 11.9 Å². The molecule has 0 radical (unpaired) electrons. The van der Waals surface area contributed by atoms with E-state index in [4.69, 9.17) is 5.73 Å². The van der Waals surface area contributed by atoms with E-state index in [0.29, 0.717) is 11.1 Å². The second kappa shape index (κ2) is 5.68. The number of nitrogens with two attached hydrogens (primary N) is 1. The molecule has 0 fully saturated rings. The van der Waals surface area contributed by atoms with E-state index in [2.05, 4.69) is 4.74 Å². The minimum absolute atomic E-state index is 0. The van der Waals surface area contributed by atoms with Crippen molar-refractivity contribution >= 4 is 18.4 Å². The zero-order valence-corrected chi connectivity index (χ0v) is 9.31. The summed E-state index contributed by atoms with van der Waals surface area (Å²) < 4.78 is 17.2. The average Bonchev–Trinajstić information content (AvgIpc) is 2.15. The van der Waals surface area contributed by atoms with Gasteiger partial charge in [-0.1, -0.05) is 6.07 Å². The van der Waals surface area contributed by atoms with Crippen molar-refractivity contribution in [3.63, 3.8) is 0 Å². The van der Waals surface area contributed by atoms with Crippen molar-refractivity contribution in [2.75, 3.05) is 7.11 Å². The number of carbonyl (C=O) groups is 1. The normalized spacial score (nSPS) is 11.5. The van der Waals surface area contributed by atoms with Crippen LogP contribution in [0.4, 0.5) is 4.39 Å². The molecule has 0 saturated heterocycles. The Morgan fingerprint density at radius 3 is 2.60 bits per heavy atom. The fraction of sp³-hybridized carbons (Fsp3) is 0.300. The van der Waals surface area contributed by atoms with Gasteiger partial charge in [0.05, 0.1) is 7.11 Å². The first-order valence-electron chi connectivity index (χ1n) is 4.15. The summed E-state index contributed by atoms with van der Waals surface area (Å²) in [6.07, 6.45) is 0. The third-order valence-corrected chi connectivity index (χ3v) is 2.02. The van der Waals surface area contributed by atoms with Crippen molar-refractivity contribution < 1.29 is 13.9 Å². The van der Waals surface area contributed by atoms with Crippen LogP contribution in [0.1, 0.15) is 17.2 Å². The summed E-state index contributed by atoms with van der Waals surface area (Å²) in [5, 5.41) is 0. The van der Waals surface area contributed by atoms with Crippen LogP contribution in [-0.4, -0.2) is 13.1 Å². The predicted octanol–water partition coefficient (Wildman–Crippen LogP) is 1.73. The summed E-state index contributed by atoms with van der Waals surface area (Å²) in [4.78, 5) is 11.1. The molecule has 2 N–H and O–H groups in total. The van der Waals surface area contributed by atoms with Gasteiger partial charge in [-0.25, -0.2) is 4.39 Å². The molecule has 3 nitrogen and oxygen atoms in total. The van der Waals surface area contributed by atoms with Crippen LogP contribution in [0.15, 0.2) is 18.2 Å². The van der Waals surface area contributed by atoms with Crippen molar-refractivity contribution in [3.8, 4) is 0 Å². The van der Waals surface area contributed by atoms with Crippen molar-refractivity contribution in [2.24, 2.45) is 5.73 Å². The number of rotatable bonds is 2. The SMILES string of the molecule is COC(=O)C(N)c1ccc(F)cc1C.Cl. The summed E-state index contributed by atoms with van der Waals surface area (Å²) >= 11 is 0. The van der Waals surface area contributed by atoms with Gasteiger partial charge >= 0.3 is 5.97 Å². The molecule has 0 aliphatic heterocycles. The highest BCUT2D eigenvalue weighted by Crippen LogP contribution is 2.17. The van der Waals surface area contributed by atoms with Gasteiger partial charge in [0.2, 0.25) is 0 Å². The molecule has 84 valence electrons. The van der Waals surface area contributed by atoms with Crippen LogP contribution in [0.3, 0.4) is 0 Å². The Bertz CT molecular complexity index is 357. The Morgan fingerprint density at radius 2 is 2.13 bits per heavy atom. The second-order valence-corrected chi connectivity index (χ2v) is 3.00. The molecule has 0 saturated carbocycles. The summed E-state index contributed by atoms with van der Waals surface area (Å²) in [5.41, 5.74) is 6.83. The van der Waals surface area contributed by atoms with E-state index in [1.807, 2.05) is 0 Å². The molecule has 0 bridgehead atoms. The van der Waals surface area contributed by atoms with Crippen molar-refractivity contribution in [2.45, 2.75) is 13.0 Å². The number of halogens is 2. The van der Waals surface area contributed by atoms with Crippen molar-refractivity contribution in [1.82, 2.24) is 0 Å². The van der Waals surface area contributed by atoms with E-state index >= 15 is 0 Å². The molecule has 0 aliphatic rings. The molecule has 0 heterocycles. The first-order valence-corrected chi connectivity index (χ1v) is 4.15. The maximum Gasteiger partial charge on any atom is 0.327 e. The van der Waals surface area contributed by atoms with Gasteiger partial charge in [-0.15, -0.1) is 12.4 Å². The van der Waals surface area contributed by atoms with Crippen LogP contribution in [0.5, 0.6) is 0 Å². The van der Waals surface area contributed by atoms with Gasteiger partial charge < -0.3 is 10.5 Å². The molecule has 0 amide bonds. The van der Waals surface area contributed by atoms with Crippen molar-refractivity contribution in [3.05, 3.63) is 35.1 Å². The number of hydrogen-bond donors (Lipinski definition) is 1. The molecule has 0 aromatic heterocycles. The first-order chi connectivity index (χ1) is 6.56. The topological polar surface area (TPSA) is 52.3 Å². The summed E-state index contributed by atoms with van der Waals surface area (Å²) in [5.74, 6) is -0.872. The fourth-order valence-corrected chi connectivity index (χ4v) is 1.24. The summed E-state index contributed by atoms with van der Waals surface area (Å²) in [7, 11) is 1.26. The number of benzene rings is 1. The van der Waals surface area contributed by atoms with E-state index in [-0.39, 0.29) is 18.2 Å². The molecule has 5 heteroatoms. The van der Waals surface area contributed by atoms with Crippen LogP contribution in [0, 0.1) is 12.7 Å². The number of ether oxygens (including phenoxy) is 1. The highest BCUT2D eigenvalue weighted by Gasteiger charge is 2.17. The van der Waals surface area contributed by atoms with Crippen LogP contribution in [0.2, 0.25) is 0 Å². The highest BCUT2D eigenvalue weighted by atomic mass is 35.5. The Kier molecular flexibility index (Phi) is 5.25. The van der Waals surface area contributed by atoms with E-state index in [0.717, 1.165) is 0 Å². The Labute approximate surface area is 93.8 Å². The van der Waals surface area contributed by atoms with Gasteiger partial charge in [-0.05, 0) is 30.2 Å².